The number of aromatic nitrogens is 4. The third-order valence-electron chi connectivity index (χ3n) is 9.08. The maximum Gasteiger partial charge on any atom is 0.314 e. The Morgan fingerprint density at radius 3 is 2.19 bits per heavy atom. The molecule has 2 aliphatic heterocycles. The molecule has 0 bridgehead atoms. The quantitative estimate of drug-likeness (QED) is 0.0866. The smallest absolute Gasteiger partial charge is 0.314 e. The van der Waals surface area contributed by atoms with E-state index in [1.807, 2.05) is 35.2 Å². The Morgan fingerprint density at radius 2 is 1.47 bits per heavy atom. The van der Waals surface area contributed by atoms with Crippen LogP contribution in [0.5, 0.6) is 35.0 Å². The highest BCUT2D eigenvalue weighted by atomic mass is 16.7. The SMILES string of the molecule is COc1ccc(-c2nc(NCc3ccc4c(c3)OCO4)ncc2C(=O)N2CCc3ccccc3C2)c(OC)n1.COc1ccc(C(=O)CC(=O)OC(C)(C)C)c(OC)n1. The Hall–Kier alpha value is -6.97. The highest BCUT2D eigenvalue weighted by Crippen LogP contribution is 2.35. The van der Waals surface area contributed by atoms with Crippen molar-refractivity contribution in [3.8, 4) is 46.3 Å². The van der Waals surface area contributed by atoms with Crippen LogP contribution in [0.1, 0.15) is 64.6 Å². The largest absolute Gasteiger partial charge is 0.481 e. The van der Waals surface area contributed by atoms with Crippen LogP contribution in [0.15, 0.2) is 72.9 Å². The van der Waals surface area contributed by atoms with Gasteiger partial charge >= 0.3 is 5.97 Å². The summed E-state index contributed by atoms with van der Waals surface area (Å²) in [6, 6.07) is 20.5. The molecule has 0 atom stereocenters. The zero-order valence-corrected chi connectivity index (χ0v) is 34.0. The monoisotopic (exact) mass is 806 g/mol. The van der Waals surface area contributed by atoms with Gasteiger partial charge in [0, 0.05) is 38.0 Å². The fraction of sp³-hybridized carbons (Fsp3) is 0.326. The number of rotatable bonds is 12. The van der Waals surface area contributed by atoms with Gasteiger partial charge in [-0.25, -0.2) is 9.97 Å². The number of ether oxygens (including phenoxy) is 7. The van der Waals surface area contributed by atoms with Crippen LogP contribution in [0.4, 0.5) is 5.95 Å². The maximum absolute atomic E-state index is 13.8. The number of fused-ring (bicyclic) bond motifs is 2. The number of ketones is 1. The molecule has 0 aliphatic carbocycles. The number of methoxy groups -OCH3 is 4. The lowest BCUT2D eigenvalue weighted by molar-refractivity contribution is -0.153. The summed E-state index contributed by atoms with van der Waals surface area (Å²) < 4.78 is 36.8. The maximum atomic E-state index is 13.8. The molecule has 16 nitrogen and oxygen atoms in total. The molecule has 0 unspecified atom stereocenters. The molecule has 5 heterocycles. The summed E-state index contributed by atoms with van der Waals surface area (Å²) in [6.45, 7) is 7.02. The molecule has 7 rings (SSSR count). The Balaban J connectivity index is 0.000000248. The molecule has 16 heteroatoms. The molecule has 1 N–H and O–H groups in total. The summed E-state index contributed by atoms with van der Waals surface area (Å²) in [5.41, 5.74) is 4.33. The molecule has 0 saturated carbocycles. The molecule has 0 fully saturated rings. The highest BCUT2D eigenvalue weighted by molar-refractivity contribution is 6.07. The third-order valence-corrected chi connectivity index (χ3v) is 9.08. The number of anilines is 1. The van der Waals surface area contributed by atoms with Crippen LogP contribution < -0.4 is 33.7 Å². The fourth-order valence-electron chi connectivity index (χ4n) is 6.28. The number of Topliss-reactive ketones (excluding diaryl/α,β-unsaturated/α-hetero) is 1. The van der Waals surface area contributed by atoms with E-state index in [0.717, 1.165) is 23.3 Å². The first-order valence-electron chi connectivity index (χ1n) is 18.7. The number of pyridine rings is 2. The van der Waals surface area contributed by atoms with Crippen molar-refractivity contribution in [3.63, 3.8) is 0 Å². The second-order valence-corrected chi connectivity index (χ2v) is 14.2. The van der Waals surface area contributed by atoms with Gasteiger partial charge in [0.1, 0.15) is 12.0 Å². The zero-order chi connectivity index (χ0) is 42.1. The van der Waals surface area contributed by atoms with Crippen LogP contribution >= 0.6 is 0 Å². The fourth-order valence-corrected chi connectivity index (χ4v) is 6.28. The second-order valence-electron chi connectivity index (χ2n) is 14.2. The molecule has 59 heavy (non-hydrogen) atoms. The van der Waals surface area contributed by atoms with Crippen molar-refractivity contribution in [2.75, 3.05) is 47.1 Å². The summed E-state index contributed by atoms with van der Waals surface area (Å²) >= 11 is 0. The van der Waals surface area contributed by atoms with Crippen molar-refractivity contribution in [1.29, 1.82) is 0 Å². The van der Waals surface area contributed by atoms with Gasteiger partial charge in [0.2, 0.25) is 36.3 Å². The van der Waals surface area contributed by atoms with Gasteiger partial charge in [-0.2, -0.15) is 9.97 Å². The van der Waals surface area contributed by atoms with Gasteiger partial charge in [-0.1, -0.05) is 30.3 Å². The molecule has 2 aliphatic rings. The lowest BCUT2D eigenvalue weighted by Gasteiger charge is -2.29. The predicted molar refractivity (Wildman–Crippen MR) is 215 cm³/mol. The molecule has 5 aromatic rings. The van der Waals surface area contributed by atoms with E-state index in [1.54, 1.807) is 39.1 Å². The average Bonchev–Trinajstić information content (AvgIpc) is 3.72. The third kappa shape index (κ3) is 10.3. The van der Waals surface area contributed by atoms with Crippen molar-refractivity contribution >= 4 is 23.6 Å². The summed E-state index contributed by atoms with van der Waals surface area (Å²) in [6.07, 6.45) is 2.00. The lowest BCUT2D eigenvalue weighted by Crippen LogP contribution is -2.36. The molecule has 1 amide bonds. The topological polar surface area (TPSA) is 183 Å². The number of nitrogens with one attached hydrogen (secondary N) is 1. The van der Waals surface area contributed by atoms with Gasteiger partial charge in [0.05, 0.1) is 50.8 Å². The molecule has 0 saturated heterocycles. The Morgan fingerprint density at radius 1 is 0.780 bits per heavy atom. The van der Waals surface area contributed by atoms with Crippen molar-refractivity contribution in [2.45, 2.75) is 52.3 Å². The molecule has 0 spiro atoms. The minimum atomic E-state index is -0.625. The normalized spacial score (nSPS) is 12.6. The van der Waals surface area contributed by atoms with Crippen molar-refractivity contribution in [3.05, 3.63) is 101 Å². The first-order valence-corrected chi connectivity index (χ1v) is 18.7. The number of amides is 1. The number of carbonyl (C=O) groups is 3. The van der Waals surface area contributed by atoms with Crippen molar-refractivity contribution in [1.82, 2.24) is 24.8 Å². The van der Waals surface area contributed by atoms with Gasteiger partial charge in [-0.3, -0.25) is 14.4 Å². The number of nitrogens with zero attached hydrogens (tertiary/aromatic N) is 5. The van der Waals surface area contributed by atoms with E-state index in [9.17, 15) is 14.4 Å². The Kier molecular flexibility index (Phi) is 13.1. The number of esters is 1. The molecular formula is C43H46N6O10. The van der Waals surface area contributed by atoms with Crippen LogP contribution in [-0.4, -0.2) is 89.9 Å². The van der Waals surface area contributed by atoms with Crippen LogP contribution in [0, 0.1) is 0 Å². The van der Waals surface area contributed by atoms with E-state index in [0.29, 0.717) is 65.8 Å². The van der Waals surface area contributed by atoms with Crippen LogP contribution in [0.3, 0.4) is 0 Å². The van der Waals surface area contributed by atoms with E-state index < -0.39 is 17.4 Å². The zero-order valence-electron chi connectivity index (χ0n) is 34.0. The van der Waals surface area contributed by atoms with Crippen LogP contribution in [0.25, 0.3) is 11.3 Å². The number of hydrogen-bond acceptors (Lipinski definition) is 15. The summed E-state index contributed by atoms with van der Waals surface area (Å²) in [5, 5.41) is 3.25. The second kappa shape index (κ2) is 18.5. The van der Waals surface area contributed by atoms with Gasteiger partial charge < -0.3 is 43.4 Å². The molecule has 308 valence electrons. The first-order chi connectivity index (χ1) is 28.4. The molecule has 3 aromatic heterocycles. The van der Waals surface area contributed by atoms with Crippen LogP contribution in [-0.2, 0) is 29.0 Å². The molecule has 0 radical (unpaired) electrons. The van der Waals surface area contributed by atoms with Gasteiger partial charge in [0.15, 0.2) is 17.3 Å². The van der Waals surface area contributed by atoms with E-state index in [4.69, 9.17) is 38.1 Å². The summed E-state index contributed by atoms with van der Waals surface area (Å²) in [5.74, 6) is 1.79. The first kappa shape index (κ1) is 41.7. The Bertz CT molecular complexity index is 2330. The molecule has 2 aromatic carbocycles. The summed E-state index contributed by atoms with van der Waals surface area (Å²) in [4.78, 5) is 57.0. The predicted octanol–water partition coefficient (Wildman–Crippen LogP) is 6.11. The number of benzene rings is 2. The van der Waals surface area contributed by atoms with E-state index in [-0.39, 0.29) is 30.6 Å². The minimum absolute atomic E-state index is 0.123. The van der Waals surface area contributed by atoms with Gasteiger partial charge in [-0.05, 0) is 68.1 Å². The standard InChI is InChI=1S/C29H27N5O5.C14H19NO5/c1-36-25-10-8-21(27(32-25)37-2)26-22(28(35)34-12-11-19-5-3-4-6-20(19)16-34)15-31-29(33-26)30-14-18-7-9-23-24(13-18)39-17-38-23;1-14(2,3)20-12(17)8-10(16)9-6-7-11(18-4)15-13(9)19-5/h3-10,13,15H,11-12,14,16-17H2,1-2H3,(H,30,31,33);6-7H,8H2,1-5H3. The average molecular weight is 807 g/mol. The summed E-state index contributed by atoms with van der Waals surface area (Å²) in [7, 11) is 5.91. The lowest BCUT2D eigenvalue weighted by atomic mass is 9.99. The van der Waals surface area contributed by atoms with Crippen LogP contribution in [0.2, 0.25) is 0 Å². The van der Waals surface area contributed by atoms with Crippen molar-refractivity contribution < 1.29 is 47.5 Å². The minimum Gasteiger partial charge on any atom is -0.481 e. The number of carbonyl (C=O) groups excluding carboxylic acids is 3. The van der Waals surface area contributed by atoms with Crippen molar-refractivity contribution in [2.24, 2.45) is 0 Å². The van der Waals surface area contributed by atoms with E-state index in [2.05, 4.69) is 32.4 Å². The van der Waals surface area contributed by atoms with E-state index >= 15 is 0 Å². The highest BCUT2D eigenvalue weighted by Gasteiger charge is 2.27. The molecular weight excluding hydrogens is 761 g/mol. The van der Waals surface area contributed by atoms with Gasteiger partial charge in [-0.15, -0.1) is 0 Å². The van der Waals surface area contributed by atoms with E-state index in [1.165, 1.54) is 46.1 Å². The van der Waals surface area contributed by atoms with Gasteiger partial charge in [0.25, 0.3) is 5.91 Å². The Labute approximate surface area is 341 Å². The number of hydrogen-bond donors (Lipinski definition) is 1.